The molecule has 17 heavy (non-hydrogen) atoms. The summed E-state index contributed by atoms with van der Waals surface area (Å²) in [6.45, 7) is 2.35. The molecule has 0 aliphatic heterocycles. The number of halogens is 1. The number of phenolic OH excluding ortho intramolecular Hbond substituents is 1. The molecular formula is C13H14ClNO2. The minimum Gasteiger partial charge on any atom is -0.508 e. The molecule has 4 heteroatoms. The molecule has 2 N–H and O–H groups in total. The van der Waals surface area contributed by atoms with Gasteiger partial charge in [-0.05, 0) is 42.0 Å². The van der Waals surface area contributed by atoms with Crippen LogP contribution >= 0.6 is 12.4 Å². The number of benzene rings is 2. The van der Waals surface area contributed by atoms with E-state index in [0.717, 1.165) is 16.3 Å². The van der Waals surface area contributed by atoms with Gasteiger partial charge in [0.15, 0.2) is 0 Å². The number of ether oxygens (including phenoxy) is 1. The van der Waals surface area contributed by atoms with Crippen LogP contribution in [0, 0.1) is 5.41 Å². The summed E-state index contributed by atoms with van der Waals surface area (Å²) in [7, 11) is 0. The van der Waals surface area contributed by atoms with E-state index in [1.54, 1.807) is 12.1 Å². The Kier molecular flexibility index (Phi) is 4.35. The Bertz CT molecular complexity index is 540. The van der Waals surface area contributed by atoms with Gasteiger partial charge in [0.1, 0.15) is 5.75 Å². The Morgan fingerprint density at radius 1 is 1.18 bits per heavy atom. The van der Waals surface area contributed by atoms with E-state index in [9.17, 15) is 5.11 Å². The molecule has 0 saturated heterocycles. The predicted octanol–water partition coefficient (Wildman–Crippen LogP) is 3.33. The number of aromatic hydroxyl groups is 1. The molecule has 90 valence electrons. The van der Waals surface area contributed by atoms with Gasteiger partial charge in [-0.1, -0.05) is 12.1 Å². The fraction of sp³-hybridized carbons (Fsp3) is 0.154. The summed E-state index contributed by atoms with van der Waals surface area (Å²) in [4.78, 5) is 0. The quantitative estimate of drug-likeness (QED) is 0.635. The molecule has 3 nitrogen and oxygen atoms in total. The topological polar surface area (TPSA) is 53.3 Å². The van der Waals surface area contributed by atoms with E-state index in [1.165, 1.54) is 0 Å². The Morgan fingerprint density at radius 2 is 1.82 bits per heavy atom. The molecule has 0 radical (unpaired) electrons. The van der Waals surface area contributed by atoms with Crippen LogP contribution in [0.25, 0.3) is 10.8 Å². The van der Waals surface area contributed by atoms with Crippen molar-refractivity contribution >= 4 is 29.1 Å². The number of fused-ring (bicyclic) bond motifs is 1. The maximum Gasteiger partial charge on any atom is 0.213 e. The number of phenols is 1. The van der Waals surface area contributed by atoms with Gasteiger partial charge in [0.2, 0.25) is 5.90 Å². The monoisotopic (exact) mass is 251 g/mol. The van der Waals surface area contributed by atoms with Crippen LogP contribution in [0.4, 0.5) is 0 Å². The zero-order valence-electron chi connectivity index (χ0n) is 9.43. The molecule has 0 amide bonds. The van der Waals surface area contributed by atoms with Gasteiger partial charge in [0.25, 0.3) is 0 Å². The fourth-order valence-corrected chi connectivity index (χ4v) is 1.60. The van der Waals surface area contributed by atoms with Crippen molar-refractivity contribution in [1.29, 1.82) is 5.41 Å². The highest BCUT2D eigenvalue weighted by Crippen LogP contribution is 2.21. The molecule has 0 atom stereocenters. The Balaban J connectivity index is 0.00000144. The van der Waals surface area contributed by atoms with Gasteiger partial charge in [-0.25, -0.2) is 0 Å². The first-order valence-corrected chi connectivity index (χ1v) is 5.15. The minimum atomic E-state index is 0. The lowest BCUT2D eigenvalue weighted by Gasteiger charge is -2.06. The van der Waals surface area contributed by atoms with Crippen LogP contribution in [-0.4, -0.2) is 17.6 Å². The average Bonchev–Trinajstić information content (AvgIpc) is 2.28. The van der Waals surface area contributed by atoms with Crippen molar-refractivity contribution in [1.82, 2.24) is 0 Å². The zero-order chi connectivity index (χ0) is 11.5. The molecule has 0 heterocycles. The van der Waals surface area contributed by atoms with E-state index in [0.29, 0.717) is 6.61 Å². The predicted molar refractivity (Wildman–Crippen MR) is 71.3 cm³/mol. The first-order valence-electron chi connectivity index (χ1n) is 5.15. The molecule has 0 aromatic heterocycles. The van der Waals surface area contributed by atoms with Crippen molar-refractivity contribution in [2.75, 3.05) is 6.61 Å². The minimum absolute atomic E-state index is 0. The lowest BCUT2D eigenvalue weighted by molar-refractivity contribution is 0.325. The Hall–Kier alpha value is -1.74. The third-order valence-corrected chi connectivity index (χ3v) is 2.37. The summed E-state index contributed by atoms with van der Waals surface area (Å²) in [6.07, 6.45) is 0. The number of nitrogens with one attached hydrogen (secondary N) is 1. The normalized spacial score (nSPS) is 9.71. The van der Waals surface area contributed by atoms with Crippen LogP contribution in [0.1, 0.15) is 12.5 Å². The molecule has 0 spiro atoms. The van der Waals surface area contributed by atoms with Gasteiger partial charge in [-0.15, -0.1) is 12.4 Å². The second kappa shape index (κ2) is 5.55. The van der Waals surface area contributed by atoms with E-state index >= 15 is 0 Å². The first kappa shape index (κ1) is 13.3. The SMILES string of the molecule is CCOC(=N)c1ccc2cc(O)ccc2c1.Cl. The molecule has 2 aromatic carbocycles. The average molecular weight is 252 g/mol. The molecule has 0 fully saturated rings. The van der Waals surface area contributed by atoms with Gasteiger partial charge in [-0.2, -0.15) is 0 Å². The van der Waals surface area contributed by atoms with Crippen molar-refractivity contribution in [3.05, 3.63) is 42.0 Å². The van der Waals surface area contributed by atoms with Crippen LogP contribution in [0.5, 0.6) is 5.75 Å². The zero-order valence-corrected chi connectivity index (χ0v) is 10.3. The molecule has 0 unspecified atom stereocenters. The van der Waals surface area contributed by atoms with Crippen molar-refractivity contribution in [2.45, 2.75) is 6.92 Å². The summed E-state index contributed by atoms with van der Waals surface area (Å²) in [5.74, 6) is 0.428. The lowest BCUT2D eigenvalue weighted by Crippen LogP contribution is -2.04. The second-order valence-electron chi connectivity index (χ2n) is 3.51. The largest absolute Gasteiger partial charge is 0.508 e. The molecule has 0 bridgehead atoms. The standard InChI is InChI=1S/C13H13NO2.ClH/c1-2-16-13(14)11-4-3-10-8-12(15)6-5-9(10)7-11;/h3-8,14-15H,2H2,1H3;1H. The highest BCUT2D eigenvalue weighted by Gasteiger charge is 2.03. The number of hydrogen-bond donors (Lipinski definition) is 2. The van der Waals surface area contributed by atoms with E-state index in [2.05, 4.69) is 0 Å². The van der Waals surface area contributed by atoms with Crippen molar-refractivity contribution in [3.63, 3.8) is 0 Å². The molecule has 0 aliphatic carbocycles. The molecule has 0 aliphatic rings. The number of hydrogen-bond acceptors (Lipinski definition) is 3. The van der Waals surface area contributed by atoms with Crippen LogP contribution < -0.4 is 0 Å². The van der Waals surface area contributed by atoms with Crippen LogP contribution in [0.15, 0.2) is 36.4 Å². The Morgan fingerprint density at radius 3 is 2.53 bits per heavy atom. The highest BCUT2D eigenvalue weighted by atomic mass is 35.5. The first-order chi connectivity index (χ1) is 7.70. The summed E-state index contributed by atoms with van der Waals surface area (Å²) in [5.41, 5.74) is 0.750. The van der Waals surface area contributed by atoms with Crippen molar-refractivity contribution < 1.29 is 9.84 Å². The van der Waals surface area contributed by atoms with Crippen LogP contribution in [-0.2, 0) is 4.74 Å². The van der Waals surface area contributed by atoms with Gasteiger partial charge < -0.3 is 9.84 Å². The van der Waals surface area contributed by atoms with Crippen molar-refractivity contribution in [2.24, 2.45) is 0 Å². The maximum atomic E-state index is 9.33. The molecule has 2 rings (SSSR count). The maximum absolute atomic E-state index is 9.33. The summed E-state index contributed by atoms with van der Waals surface area (Å²) < 4.78 is 5.13. The highest BCUT2D eigenvalue weighted by molar-refractivity contribution is 5.97. The van der Waals surface area contributed by atoms with E-state index in [-0.39, 0.29) is 24.1 Å². The number of rotatable bonds is 2. The molecule has 2 aromatic rings. The van der Waals surface area contributed by atoms with Gasteiger partial charge in [0.05, 0.1) is 6.61 Å². The van der Waals surface area contributed by atoms with E-state index in [4.69, 9.17) is 10.1 Å². The van der Waals surface area contributed by atoms with Crippen LogP contribution in [0.2, 0.25) is 0 Å². The lowest BCUT2D eigenvalue weighted by atomic mass is 10.1. The molecular weight excluding hydrogens is 238 g/mol. The Labute approximate surface area is 106 Å². The van der Waals surface area contributed by atoms with Crippen LogP contribution in [0.3, 0.4) is 0 Å². The van der Waals surface area contributed by atoms with Gasteiger partial charge in [-0.3, -0.25) is 5.41 Å². The second-order valence-corrected chi connectivity index (χ2v) is 3.51. The summed E-state index contributed by atoms with van der Waals surface area (Å²) in [5, 5.41) is 18.9. The van der Waals surface area contributed by atoms with E-state index in [1.807, 2.05) is 31.2 Å². The van der Waals surface area contributed by atoms with E-state index < -0.39 is 0 Å². The fourth-order valence-electron chi connectivity index (χ4n) is 1.60. The summed E-state index contributed by atoms with van der Waals surface area (Å²) >= 11 is 0. The van der Waals surface area contributed by atoms with Crippen molar-refractivity contribution in [3.8, 4) is 5.75 Å². The third-order valence-electron chi connectivity index (χ3n) is 2.37. The third kappa shape index (κ3) is 2.88. The smallest absolute Gasteiger partial charge is 0.213 e. The molecule has 0 saturated carbocycles. The van der Waals surface area contributed by atoms with Gasteiger partial charge in [0, 0.05) is 5.56 Å². The van der Waals surface area contributed by atoms with Gasteiger partial charge >= 0.3 is 0 Å². The summed E-state index contributed by atoms with van der Waals surface area (Å²) in [6, 6.07) is 10.7.